The van der Waals surface area contributed by atoms with Crippen LogP contribution in [0.4, 0.5) is 5.82 Å². The highest BCUT2D eigenvalue weighted by molar-refractivity contribution is 5.41. The highest BCUT2D eigenvalue weighted by atomic mass is 16.6. The van der Waals surface area contributed by atoms with E-state index < -0.39 is 36.8 Å². The first-order chi connectivity index (χ1) is 8.99. The standard InChI is InChI=1S/C10H15N3O6/c1-18-7-6(16)5(3-14)19-9(7)13-2-4(15)8(11)12-10(13)17/h2,5-7,9,14-16H,3H2,1H3,(H2,11,12,17)/t5-,6-,7-,9-/m1/s1. The SMILES string of the molecule is CO[C@@H]1[C@H](O)[C@@H](CO)O[C@H]1n1cc(O)c(N)nc1=O. The molecule has 0 aromatic carbocycles. The zero-order valence-electron chi connectivity index (χ0n) is 10.1. The number of rotatable bonds is 3. The Kier molecular flexibility index (Phi) is 3.71. The minimum atomic E-state index is -1.11. The van der Waals surface area contributed by atoms with Gasteiger partial charge in [0.15, 0.2) is 17.8 Å². The van der Waals surface area contributed by atoms with Crippen molar-refractivity contribution in [2.45, 2.75) is 24.5 Å². The number of nitrogens with two attached hydrogens (primary N) is 1. The molecule has 2 rings (SSSR count). The van der Waals surface area contributed by atoms with Crippen molar-refractivity contribution in [3.8, 4) is 5.75 Å². The van der Waals surface area contributed by atoms with Gasteiger partial charge >= 0.3 is 5.69 Å². The van der Waals surface area contributed by atoms with Crippen LogP contribution in [0.2, 0.25) is 0 Å². The first-order valence-electron chi connectivity index (χ1n) is 5.54. The summed E-state index contributed by atoms with van der Waals surface area (Å²) in [6.45, 7) is -0.430. The summed E-state index contributed by atoms with van der Waals surface area (Å²) >= 11 is 0. The van der Waals surface area contributed by atoms with E-state index in [1.165, 1.54) is 7.11 Å². The molecule has 2 heterocycles. The molecule has 0 aliphatic carbocycles. The van der Waals surface area contributed by atoms with Gasteiger partial charge in [-0.1, -0.05) is 0 Å². The zero-order valence-corrected chi connectivity index (χ0v) is 10.1. The molecule has 1 aliphatic heterocycles. The lowest BCUT2D eigenvalue weighted by Gasteiger charge is -2.20. The summed E-state index contributed by atoms with van der Waals surface area (Å²) in [6.07, 6.45) is -2.83. The Morgan fingerprint density at radius 1 is 1.63 bits per heavy atom. The van der Waals surface area contributed by atoms with Crippen LogP contribution in [-0.4, -0.2) is 56.9 Å². The van der Waals surface area contributed by atoms with Crippen molar-refractivity contribution in [3.63, 3.8) is 0 Å². The summed E-state index contributed by atoms with van der Waals surface area (Å²) in [5.74, 6) is -0.688. The van der Waals surface area contributed by atoms with Gasteiger partial charge in [-0.2, -0.15) is 4.98 Å². The van der Waals surface area contributed by atoms with Crippen LogP contribution in [0.1, 0.15) is 6.23 Å². The highest BCUT2D eigenvalue weighted by Crippen LogP contribution is 2.31. The lowest BCUT2D eigenvalue weighted by molar-refractivity contribution is -0.0626. The molecule has 1 saturated heterocycles. The molecule has 9 nitrogen and oxygen atoms in total. The molecule has 0 saturated carbocycles. The summed E-state index contributed by atoms with van der Waals surface area (Å²) in [5.41, 5.74) is 4.54. The molecular formula is C10H15N3O6. The molecule has 0 radical (unpaired) electrons. The molecule has 9 heteroatoms. The Balaban J connectivity index is 2.41. The van der Waals surface area contributed by atoms with E-state index in [1.54, 1.807) is 0 Å². The molecule has 1 fully saturated rings. The molecule has 1 aliphatic rings. The first kappa shape index (κ1) is 13.7. The smallest absolute Gasteiger partial charge is 0.351 e. The fourth-order valence-electron chi connectivity index (χ4n) is 2.00. The number of aromatic nitrogens is 2. The quantitative estimate of drug-likeness (QED) is 0.486. The molecule has 4 atom stereocenters. The molecule has 106 valence electrons. The summed E-state index contributed by atoms with van der Waals surface area (Å²) in [6, 6.07) is 0. The van der Waals surface area contributed by atoms with Crippen LogP contribution in [0.5, 0.6) is 5.75 Å². The molecule has 0 amide bonds. The van der Waals surface area contributed by atoms with Crippen molar-refractivity contribution in [1.82, 2.24) is 9.55 Å². The minimum absolute atomic E-state index is 0.299. The number of nitrogen functional groups attached to an aromatic ring is 1. The second-order valence-electron chi connectivity index (χ2n) is 4.14. The van der Waals surface area contributed by atoms with Crippen LogP contribution in [0.25, 0.3) is 0 Å². The van der Waals surface area contributed by atoms with Crippen LogP contribution >= 0.6 is 0 Å². The van der Waals surface area contributed by atoms with E-state index in [-0.39, 0.29) is 11.6 Å². The Morgan fingerprint density at radius 3 is 2.89 bits per heavy atom. The monoisotopic (exact) mass is 273 g/mol. The van der Waals surface area contributed by atoms with Crippen molar-refractivity contribution >= 4 is 5.82 Å². The van der Waals surface area contributed by atoms with Gasteiger partial charge in [0, 0.05) is 7.11 Å². The van der Waals surface area contributed by atoms with E-state index in [1.807, 2.05) is 0 Å². The van der Waals surface area contributed by atoms with Crippen molar-refractivity contribution in [1.29, 1.82) is 0 Å². The van der Waals surface area contributed by atoms with Gasteiger partial charge in [-0.05, 0) is 0 Å². The molecular weight excluding hydrogens is 258 g/mol. The zero-order chi connectivity index (χ0) is 14.2. The van der Waals surface area contributed by atoms with Crippen LogP contribution in [0.3, 0.4) is 0 Å². The summed E-state index contributed by atoms with van der Waals surface area (Å²) in [4.78, 5) is 15.1. The number of aliphatic hydroxyl groups excluding tert-OH is 2. The Labute approximate surface area is 107 Å². The predicted octanol–water partition coefficient (Wildman–Crippen LogP) is -2.20. The molecule has 0 spiro atoms. The third-order valence-corrected chi connectivity index (χ3v) is 3.00. The average molecular weight is 273 g/mol. The average Bonchev–Trinajstić information content (AvgIpc) is 2.70. The van der Waals surface area contributed by atoms with Gasteiger partial charge in [0.2, 0.25) is 0 Å². The molecule has 5 N–H and O–H groups in total. The van der Waals surface area contributed by atoms with Crippen molar-refractivity contribution in [3.05, 3.63) is 16.7 Å². The molecule has 1 aromatic heterocycles. The van der Waals surface area contributed by atoms with Gasteiger partial charge < -0.3 is 30.5 Å². The molecule has 19 heavy (non-hydrogen) atoms. The Morgan fingerprint density at radius 2 is 2.32 bits per heavy atom. The number of aliphatic hydroxyl groups is 2. The van der Waals surface area contributed by atoms with Crippen molar-refractivity contribution < 1.29 is 24.8 Å². The van der Waals surface area contributed by atoms with Gasteiger partial charge in [0.1, 0.15) is 18.3 Å². The Bertz CT molecular complexity index is 518. The van der Waals surface area contributed by atoms with E-state index in [0.717, 1.165) is 10.8 Å². The van der Waals surface area contributed by atoms with E-state index >= 15 is 0 Å². The minimum Gasteiger partial charge on any atom is -0.503 e. The van der Waals surface area contributed by atoms with Gasteiger partial charge in [-0.25, -0.2) is 4.79 Å². The van der Waals surface area contributed by atoms with E-state index in [4.69, 9.17) is 20.3 Å². The third kappa shape index (κ3) is 2.28. The van der Waals surface area contributed by atoms with E-state index in [0.29, 0.717) is 0 Å². The van der Waals surface area contributed by atoms with Crippen molar-refractivity contribution in [2.75, 3.05) is 19.5 Å². The third-order valence-electron chi connectivity index (χ3n) is 3.00. The summed E-state index contributed by atoms with van der Waals surface area (Å²) in [5, 5.41) is 28.4. The highest BCUT2D eigenvalue weighted by Gasteiger charge is 2.45. The summed E-state index contributed by atoms with van der Waals surface area (Å²) in [7, 11) is 1.33. The number of hydrogen-bond donors (Lipinski definition) is 4. The maximum Gasteiger partial charge on any atom is 0.351 e. The van der Waals surface area contributed by atoms with Crippen LogP contribution in [0, 0.1) is 0 Å². The number of hydrogen-bond acceptors (Lipinski definition) is 8. The predicted molar refractivity (Wildman–Crippen MR) is 62.4 cm³/mol. The maximum atomic E-state index is 11.7. The molecule has 0 unspecified atom stereocenters. The van der Waals surface area contributed by atoms with Crippen LogP contribution < -0.4 is 11.4 Å². The molecule has 1 aromatic rings. The normalized spacial score (nSPS) is 30.7. The summed E-state index contributed by atoms with van der Waals surface area (Å²) < 4.78 is 11.4. The van der Waals surface area contributed by atoms with Gasteiger partial charge in [0.05, 0.1) is 12.8 Å². The van der Waals surface area contributed by atoms with Gasteiger partial charge in [-0.15, -0.1) is 0 Å². The number of nitrogens with zero attached hydrogens (tertiary/aromatic N) is 2. The van der Waals surface area contributed by atoms with E-state index in [2.05, 4.69) is 4.98 Å². The van der Waals surface area contributed by atoms with E-state index in [9.17, 15) is 15.0 Å². The molecule has 0 bridgehead atoms. The lowest BCUT2D eigenvalue weighted by atomic mass is 10.1. The topological polar surface area (TPSA) is 140 Å². The van der Waals surface area contributed by atoms with Crippen LogP contribution in [-0.2, 0) is 9.47 Å². The van der Waals surface area contributed by atoms with Gasteiger partial charge in [-0.3, -0.25) is 4.57 Å². The first-order valence-corrected chi connectivity index (χ1v) is 5.54. The number of methoxy groups -OCH3 is 1. The number of aromatic hydroxyl groups is 1. The second-order valence-corrected chi connectivity index (χ2v) is 4.14. The lowest BCUT2D eigenvalue weighted by Crippen LogP contribution is -2.37. The number of ether oxygens (including phenoxy) is 2. The van der Waals surface area contributed by atoms with Gasteiger partial charge in [0.25, 0.3) is 0 Å². The van der Waals surface area contributed by atoms with Crippen LogP contribution in [0.15, 0.2) is 11.0 Å². The second kappa shape index (κ2) is 5.13. The fraction of sp³-hybridized carbons (Fsp3) is 0.600. The Hall–Kier alpha value is -1.68. The number of anilines is 1. The van der Waals surface area contributed by atoms with Crippen molar-refractivity contribution in [2.24, 2.45) is 0 Å². The fourth-order valence-corrected chi connectivity index (χ4v) is 2.00. The largest absolute Gasteiger partial charge is 0.503 e. The maximum absolute atomic E-state index is 11.7.